The second-order valence-electron chi connectivity index (χ2n) is 4.34. The summed E-state index contributed by atoms with van der Waals surface area (Å²) in [6, 6.07) is 4.51. The minimum Gasteiger partial charge on any atom is -0.321 e. The Morgan fingerprint density at radius 3 is 2.47 bits per heavy atom. The fraction of sp³-hybridized carbons (Fsp3) is 0.500. The van der Waals surface area contributed by atoms with Gasteiger partial charge in [0, 0.05) is 10.6 Å². The molecule has 2 rings (SSSR count). The summed E-state index contributed by atoms with van der Waals surface area (Å²) in [5, 5.41) is 0.458. The summed E-state index contributed by atoms with van der Waals surface area (Å²) in [6.45, 7) is 0. The summed E-state index contributed by atoms with van der Waals surface area (Å²) in [5.74, 6) is -0.303. The largest absolute Gasteiger partial charge is 0.321 e. The van der Waals surface area contributed by atoms with Crippen molar-refractivity contribution in [1.82, 2.24) is 0 Å². The van der Waals surface area contributed by atoms with Gasteiger partial charge in [0.2, 0.25) is 0 Å². The SMILES string of the molecule is NC1(c2ccc(F)cc2Cl)CCCCC1. The second-order valence-corrected chi connectivity index (χ2v) is 4.75. The van der Waals surface area contributed by atoms with E-state index in [0.29, 0.717) is 5.02 Å². The fourth-order valence-electron chi connectivity index (χ4n) is 2.35. The van der Waals surface area contributed by atoms with Gasteiger partial charge < -0.3 is 5.73 Å². The minimum atomic E-state index is -0.344. The Hall–Kier alpha value is -0.600. The van der Waals surface area contributed by atoms with Gasteiger partial charge in [0.15, 0.2) is 0 Å². The van der Waals surface area contributed by atoms with E-state index < -0.39 is 0 Å². The molecule has 0 heterocycles. The maximum atomic E-state index is 12.9. The monoisotopic (exact) mass is 227 g/mol. The van der Waals surface area contributed by atoms with Crippen LogP contribution in [0.15, 0.2) is 18.2 Å². The molecule has 1 saturated carbocycles. The lowest BCUT2D eigenvalue weighted by molar-refractivity contribution is 0.302. The summed E-state index contributed by atoms with van der Waals surface area (Å²) in [6.07, 6.45) is 5.38. The summed E-state index contributed by atoms with van der Waals surface area (Å²) >= 11 is 6.03. The Kier molecular flexibility index (Phi) is 2.98. The van der Waals surface area contributed by atoms with Crippen LogP contribution in [0, 0.1) is 5.82 Å². The number of hydrogen-bond donors (Lipinski definition) is 1. The molecule has 1 fully saturated rings. The third-order valence-corrected chi connectivity index (χ3v) is 3.53. The van der Waals surface area contributed by atoms with Crippen molar-refractivity contribution in [2.24, 2.45) is 5.73 Å². The molecule has 82 valence electrons. The predicted molar refractivity (Wildman–Crippen MR) is 60.4 cm³/mol. The Balaban J connectivity index is 2.35. The predicted octanol–water partition coefficient (Wildman–Crippen LogP) is 3.60. The van der Waals surface area contributed by atoms with Crippen molar-refractivity contribution in [2.75, 3.05) is 0 Å². The van der Waals surface area contributed by atoms with Crippen LogP contribution in [0.25, 0.3) is 0 Å². The van der Waals surface area contributed by atoms with Crippen molar-refractivity contribution in [3.05, 3.63) is 34.6 Å². The molecule has 1 aromatic carbocycles. The van der Waals surface area contributed by atoms with Crippen molar-refractivity contribution in [2.45, 2.75) is 37.6 Å². The topological polar surface area (TPSA) is 26.0 Å². The summed E-state index contributed by atoms with van der Waals surface area (Å²) < 4.78 is 12.9. The van der Waals surface area contributed by atoms with E-state index in [0.717, 1.165) is 31.2 Å². The highest BCUT2D eigenvalue weighted by Crippen LogP contribution is 2.38. The van der Waals surface area contributed by atoms with Crippen LogP contribution in [0.5, 0.6) is 0 Å². The molecule has 0 aromatic heterocycles. The van der Waals surface area contributed by atoms with E-state index in [1.807, 2.05) is 0 Å². The van der Waals surface area contributed by atoms with Gasteiger partial charge in [0.1, 0.15) is 5.82 Å². The normalized spacial score (nSPS) is 20.2. The first kappa shape index (κ1) is 10.9. The van der Waals surface area contributed by atoms with E-state index in [4.69, 9.17) is 17.3 Å². The van der Waals surface area contributed by atoms with Gasteiger partial charge in [0.05, 0.1) is 0 Å². The molecule has 1 nitrogen and oxygen atoms in total. The van der Waals surface area contributed by atoms with Crippen LogP contribution in [0.2, 0.25) is 5.02 Å². The highest BCUT2D eigenvalue weighted by Gasteiger charge is 2.31. The molecule has 1 aliphatic rings. The van der Waals surface area contributed by atoms with E-state index in [-0.39, 0.29) is 11.4 Å². The van der Waals surface area contributed by atoms with Gasteiger partial charge in [-0.2, -0.15) is 0 Å². The summed E-state index contributed by atoms with van der Waals surface area (Å²) in [7, 11) is 0. The first-order chi connectivity index (χ1) is 7.12. The molecule has 0 bridgehead atoms. The van der Waals surface area contributed by atoms with Crippen LogP contribution >= 0.6 is 11.6 Å². The smallest absolute Gasteiger partial charge is 0.124 e. The van der Waals surface area contributed by atoms with Gasteiger partial charge in [-0.3, -0.25) is 0 Å². The molecule has 1 aliphatic carbocycles. The maximum Gasteiger partial charge on any atom is 0.124 e. The zero-order chi connectivity index (χ0) is 10.9. The van der Waals surface area contributed by atoms with Crippen LogP contribution in [0.3, 0.4) is 0 Å². The van der Waals surface area contributed by atoms with E-state index in [1.54, 1.807) is 6.07 Å². The maximum absolute atomic E-state index is 12.9. The molecule has 15 heavy (non-hydrogen) atoms. The number of benzene rings is 1. The zero-order valence-corrected chi connectivity index (χ0v) is 9.36. The molecule has 0 spiro atoms. The van der Waals surface area contributed by atoms with E-state index in [1.165, 1.54) is 18.6 Å². The summed E-state index contributed by atoms with van der Waals surface area (Å²) in [5.41, 5.74) is 6.87. The van der Waals surface area contributed by atoms with Crippen molar-refractivity contribution in [3.8, 4) is 0 Å². The molecule has 1 aromatic rings. The molecule has 3 heteroatoms. The third kappa shape index (κ3) is 2.16. The first-order valence-corrected chi connectivity index (χ1v) is 5.74. The van der Waals surface area contributed by atoms with Crippen molar-refractivity contribution in [3.63, 3.8) is 0 Å². The highest BCUT2D eigenvalue weighted by atomic mass is 35.5. The number of nitrogens with two attached hydrogens (primary N) is 1. The van der Waals surface area contributed by atoms with Crippen molar-refractivity contribution >= 4 is 11.6 Å². The zero-order valence-electron chi connectivity index (χ0n) is 8.60. The number of rotatable bonds is 1. The van der Waals surface area contributed by atoms with Crippen molar-refractivity contribution in [1.29, 1.82) is 0 Å². The quantitative estimate of drug-likeness (QED) is 0.780. The Morgan fingerprint density at radius 2 is 1.87 bits per heavy atom. The highest BCUT2D eigenvalue weighted by molar-refractivity contribution is 6.31. The number of hydrogen-bond acceptors (Lipinski definition) is 1. The van der Waals surface area contributed by atoms with Crippen molar-refractivity contribution < 1.29 is 4.39 Å². The van der Waals surface area contributed by atoms with Crippen LogP contribution < -0.4 is 5.73 Å². The lowest BCUT2D eigenvalue weighted by Crippen LogP contribution is -2.38. The molecule has 0 unspecified atom stereocenters. The molecule has 0 aliphatic heterocycles. The molecule has 0 radical (unpaired) electrons. The molecule has 2 N–H and O–H groups in total. The third-order valence-electron chi connectivity index (χ3n) is 3.21. The van der Waals surface area contributed by atoms with Gasteiger partial charge in [-0.25, -0.2) is 4.39 Å². The van der Waals surface area contributed by atoms with Gasteiger partial charge in [0.25, 0.3) is 0 Å². The van der Waals surface area contributed by atoms with E-state index in [2.05, 4.69) is 0 Å². The lowest BCUT2D eigenvalue weighted by atomic mass is 9.77. The lowest BCUT2D eigenvalue weighted by Gasteiger charge is -2.34. The second kappa shape index (κ2) is 4.11. The average Bonchev–Trinajstić information content (AvgIpc) is 2.18. The first-order valence-electron chi connectivity index (χ1n) is 5.36. The standard InChI is InChI=1S/C12H15ClFN/c13-11-8-9(14)4-5-10(11)12(15)6-2-1-3-7-12/h4-5,8H,1-3,6-7,15H2. The molecular formula is C12H15ClFN. The Morgan fingerprint density at radius 1 is 1.20 bits per heavy atom. The van der Waals surface area contributed by atoms with Crippen LogP contribution in [0.4, 0.5) is 4.39 Å². The molecule has 0 atom stereocenters. The van der Waals surface area contributed by atoms with Gasteiger partial charge >= 0.3 is 0 Å². The summed E-state index contributed by atoms with van der Waals surface area (Å²) in [4.78, 5) is 0. The van der Waals surface area contributed by atoms with Gasteiger partial charge in [-0.15, -0.1) is 0 Å². The molecule has 0 amide bonds. The van der Waals surface area contributed by atoms with E-state index in [9.17, 15) is 4.39 Å². The number of halogens is 2. The average molecular weight is 228 g/mol. The Bertz CT molecular complexity index is 359. The molecule has 0 saturated heterocycles. The van der Waals surface area contributed by atoms with Gasteiger partial charge in [-0.1, -0.05) is 36.9 Å². The fourth-order valence-corrected chi connectivity index (χ4v) is 2.70. The minimum absolute atomic E-state index is 0.303. The van der Waals surface area contributed by atoms with Crippen LogP contribution in [0.1, 0.15) is 37.7 Å². The van der Waals surface area contributed by atoms with Gasteiger partial charge in [-0.05, 0) is 30.5 Å². The van der Waals surface area contributed by atoms with Crippen LogP contribution in [-0.4, -0.2) is 0 Å². The van der Waals surface area contributed by atoms with E-state index >= 15 is 0 Å². The Labute approximate surface area is 94.4 Å². The molecular weight excluding hydrogens is 213 g/mol. The van der Waals surface area contributed by atoms with Crippen LogP contribution in [-0.2, 0) is 5.54 Å².